The van der Waals surface area contributed by atoms with Gasteiger partial charge in [0.25, 0.3) is 0 Å². The maximum atomic E-state index is 2.45. The Morgan fingerprint density at radius 1 is 0.296 bits per heavy atom. The van der Waals surface area contributed by atoms with E-state index in [9.17, 15) is 0 Å². The minimum absolute atomic E-state index is 1.11. The first-order chi connectivity index (χ1) is 26.8. The van der Waals surface area contributed by atoms with Crippen LogP contribution in [0.3, 0.4) is 0 Å². The Labute approximate surface area is 319 Å². The molecule has 0 spiro atoms. The van der Waals surface area contributed by atoms with Crippen molar-refractivity contribution in [1.29, 1.82) is 0 Å². The minimum atomic E-state index is 1.11. The molecule has 2 heteroatoms. The third-order valence-corrected chi connectivity index (χ3v) is 11.6. The van der Waals surface area contributed by atoms with Gasteiger partial charge in [-0.05, 0) is 98.2 Å². The summed E-state index contributed by atoms with van der Waals surface area (Å²) in [6.45, 7) is 0. The van der Waals surface area contributed by atoms with Crippen LogP contribution in [0.2, 0.25) is 0 Å². The third-order valence-electron chi connectivity index (χ3n) is 10.5. The topological polar surface area (TPSA) is 3.24 Å². The van der Waals surface area contributed by atoms with Crippen molar-refractivity contribution in [1.82, 2.24) is 0 Å². The molecule has 9 aromatic carbocycles. The molecule has 1 aromatic heterocycles. The van der Waals surface area contributed by atoms with Crippen LogP contribution in [0.1, 0.15) is 0 Å². The van der Waals surface area contributed by atoms with Gasteiger partial charge in [0, 0.05) is 37.1 Å². The van der Waals surface area contributed by atoms with Crippen LogP contribution >= 0.6 is 11.3 Å². The number of hydrogen-bond acceptors (Lipinski definition) is 2. The number of anilines is 3. The Morgan fingerprint density at radius 3 is 1.70 bits per heavy atom. The second-order valence-corrected chi connectivity index (χ2v) is 14.8. The average Bonchev–Trinajstić information content (AvgIpc) is 3.62. The molecule has 1 heterocycles. The number of para-hydroxylation sites is 1. The Hall–Kier alpha value is -6.74. The number of thiophene rings is 1. The van der Waals surface area contributed by atoms with Crippen molar-refractivity contribution < 1.29 is 0 Å². The molecule has 0 saturated heterocycles. The monoisotopic (exact) mass is 705 g/mol. The Balaban J connectivity index is 1.19. The molecule has 0 aliphatic heterocycles. The Kier molecular flexibility index (Phi) is 8.09. The maximum Gasteiger partial charge on any atom is 0.0540 e. The first-order valence-corrected chi connectivity index (χ1v) is 19.2. The fraction of sp³-hybridized carbons (Fsp3) is 0. The number of fused-ring (bicyclic) bond motifs is 4. The van der Waals surface area contributed by atoms with E-state index in [0.717, 1.165) is 17.1 Å². The van der Waals surface area contributed by atoms with Crippen LogP contribution in [-0.2, 0) is 0 Å². The highest BCUT2D eigenvalue weighted by Gasteiger charge is 2.21. The molecule has 0 radical (unpaired) electrons. The van der Waals surface area contributed by atoms with Crippen molar-refractivity contribution >= 4 is 59.3 Å². The van der Waals surface area contributed by atoms with Crippen molar-refractivity contribution in [3.63, 3.8) is 0 Å². The van der Waals surface area contributed by atoms with Gasteiger partial charge in [-0.1, -0.05) is 164 Å². The van der Waals surface area contributed by atoms with E-state index in [-0.39, 0.29) is 0 Å². The third kappa shape index (κ3) is 5.74. The van der Waals surface area contributed by atoms with Crippen LogP contribution < -0.4 is 4.90 Å². The lowest BCUT2D eigenvalue weighted by atomic mass is 9.88. The molecule has 54 heavy (non-hydrogen) atoms. The van der Waals surface area contributed by atoms with Gasteiger partial charge in [-0.15, -0.1) is 11.3 Å². The van der Waals surface area contributed by atoms with Gasteiger partial charge in [0.15, 0.2) is 0 Å². The number of rotatable bonds is 7. The van der Waals surface area contributed by atoms with E-state index < -0.39 is 0 Å². The SMILES string of the molecule is c1ccc(-c2ccccc2-c2ccccc2-c2ccccc2N(c2cccc(-c3ccc4ccccc4c3)c2)c2ccc3sc4ccccc4c3c2)cc1. The van der Waals surface area contributed by atoms with Crippen molar-refractivity contribution in [2.75, 3.05) is 4.90 Å². The maximum absolute atomic E-state index is 2.45. The molecule has 0 fully saturated rings. The minimum Gasteiger partial charge on any atom is -0.310 e. The van der Waals surface area contributed by atoms with Gasteiger partial charge >= 0.3 is 0 Å². The van der Waals surface area contributed by atoms with Crippen LogP contribution in [0.5, 0.6) is 0 Å². The smallest absolute Gasteiger partial charge is 0.0540 e. The van der Waals surface area contributed by atoms with Crippen molar-refractivity contribution in [2.45, 2.75) is 0 Å². The first kappa shape index (κ1) is 32.0. The number of benzene rings is 9. The zero-order valence-electron chi connectivity index (χ0n) is 29.6. The highest BCUT2D eigenvalue weighted by Crippen LogP contribution is 2.47. The summed E-state index contributed by atoms with van der Waals surface area (Å²) in [7, 11) is 0. The molecule has 1 nitrogen and oxygen atoms in total. The normalized spacial score (nSPS) is 11.3. The summed E-state index contributed by atoms with van der Waals surface area (Å²) in [4.78, 5) is 2.45. The largest absolute Gasteiger partial charge is 0.310 e. The fourth-order valence-corrected chi connectivity index (χ4v) is 9.00. The van der Waals surface area contributed by atoms with E-state index in [1.165, 1.54) is 75.5 Å². The lowest BCUT2D eigenvalue weighted by Crippen LogP contribution is -2.11. The average molecular weight is 706 g/mol. The molecule has 0 amide bonds. The summed E-state index contributed by atoms with van der Waals surface area (Å²) in [5.74, 6) is 0. The highest BCUT2D eigenvalue weighted by molar-refractivity contribution is 7.25. The summed E-state index contributed by atoms with van der Waals surface area (Å²) >= 11 is 1.85. The van der Waals surface area contributed by atoms with Gasteiger partial charge in [-0.2, -0.15) is 0 Å². The van der Waals surface area contributed by atoms with Crippen molar-refractivity contribution in [2.24, 2.45) is 0 Å². The molecule has 0 bridgehead atoms. The highest BCUT2D eigenvalue weighted by atomic mass is 32.1. The van der Waals surface area contributed by atoms with Gasteiger partial charge in [0.1, 0.15) is 0 Å². The second kappa shape index (κ2) is 13.7. The van der Waals surface area contributed by atoms with E-state index >= 15 is 0 Å². The predicted molar refractivity (Wildman–Crippen MR) is 233 cm³/mol. The molecule has 10 rings (SSSR count). The van der Waals surface area contributed by atoms with E-state index in [0.29, 0.717) is 0 Å². The summed E-state index contributed by atoms with van der Waals surface area (Å²) in [6.07, 6.45) is 0. The van der Waals surface area contributed by atoms with Crippen LogP contribution in [-0.4, -0.2) is 0 Å². The molecule has 0 unspecified atom stereocenters. The molecular weight excluding hydrogens is 671 g/mol. The van der Waals surface area contributed by atoms with Gasteiger partial charge in [0.2, 0.25) is 0 Å². The Morgan fingerprint density at radius 2 is 0.870 bits per heavy atom. The van der Waals surface area contributed by atoms with Crippen LogP contribution in [0, 0.1) is 0 Å². The lowest BCUT2D eigenvalue weighted by Gasteiger charge is -2.29. The van der Waals surface area contributed by atoms with Gasteiger partial charge in [0.05, 0.1) is 5.69 Å². The zero-order valence-corrected chi connectivity index (χ0v) is 30.4. The van der Waals surface area contributed by atoms with E-state index in [1.807, 2.05) is 11.3 Å². The molecular formula is C52H35NS. The van der Waals surface area contributed by atoms with Crippen molar-refractivity contribution in [3.05, 3.63) is 212 Å². The summed E-state index contributed by atoms with van der Waals surface area (Å²) < 4.78 is 2.60. The van der Waals surface area contributed by atoms with Crippen LogP contribution in [0.15, 0.2) is 212 Å². The predicted octanol–water partition coefficient (Wildman–Crippen LogP) is 15.3. The van der Waals surface area contributed by atoms with Crippen LogP contribution in [0.4, 0.5) is 17.1 Å². The summed E-state index contributed by atoms with van der Waals surface area (Å²) in [6, 6.07) is 77.3. The molecule has 0 saturated carbocycles. The number of hydrogen-bond donors (Lipinski definition) is 0. The molecule has 0 N–H and O–H groups in total. The van der Waals surface area contributed by atoms with E-state index in [1.54, 1.807) is 0 Å². The molecule has 0 atom stereocenters. The summed E-state index contributed by atoms with van der Waals surface area (Å²) in [5.41, 5.74) is 12.9. The molecule has 0 aliphatic carbocycles. The summed E-state index contributed by atoms with van der Waals surface area (Å²) in [5, 5.41) is 5.06. The lowest BCUT2D eigenvalue weighted by molar-refractivity contribution is 1.29. The van der Waals surface area contributed by atoms with Gasteiger partial charge in [-0.3, -0.25) is 0 Å². The zero-order chi connectivity index (χ0) is 35.8. The van der Waals surface area contributed by atoms with Crippen molar-refractivity contribution in [3.8, 4) is 44.5 Å². The van der Waals surface area contributed by atoms with Crippen LogP contribution in [0.25, 0.3) is 75.5 Å². The molecule has 254 valence electrons. The number of nitrogens with zero attached hydrogens (tertiary/aromatic N) is 1. The van der Waals surface area contributed by atoms with E-state index in [2.05, 4.69) is 217 Å². The molecule has 10 aromatic rings. The first-order valence-electron chi connectivity index (χ1n) is 18.4. The van der Waals surface area contributed by atoms with E-state index in [4.69, 9.17) is 0 Å². The quantitative estimate of drug-likeness (QED) is 0.160. The second-order valence-electron chi connectivity index (χ2n) is 13.7. The Bertz CT molecular complexity index is 2960. The fourth-order valence-electron chi connectivity index (χ4n) is 7.91. The van der Waals surface area contributed by atoms with Gasteiger partial charge < -0.3 is 4.90 Å². The molecule has 0 aliphatic rings. The van der Waals surface area contributed by atoms with Gasteiger partial charge in [-0.25, -0.2) is 0 Å². The standard InChI is InChI=1S/C52H35NS/c1-2-16-37(17-3-1)43-21-6-7-22-44(43)45-23-8-9-24-46(45)47-25-10-12-27-50(47)53(42-31-32-52-49(35-42)48-26-11-13-28-51(48)54-52)41-20-14-19-39(34-41)40-30-29-36-15-4-5-18-38(36)33-40/h1-35H.